The molecule has 7 heteroatoms. The van der Waals surface area contributed by atoms with Crippen molar-refractivity contribution in [3.05, 3.63) is 54.1 Å². The zero-order valence-corrected chi connectivity index (χ0v) is 10.6. The molecule has 0 unspecified atom stereocenters. The van der Waals surface area contributed by atoms with Crippen molar-refractivity contribution in [2.45, 2.75) is 6.36 Å². The van der Waals surface area contributed by atoms with E-state index in [4.69, 9.17) is 5.73 Å². The van der Waals surface area contributed by atoms with Crippen LogP contribution in [0.2, 0.25) is 0 Å². The third kappa shape index (κ3) is 3.88. The number of nitrogens with one attached hydrogen (secondary N) is 1. The van der Waals surface area contributed by atoms with Gasteiger partial charge in [-0.15, -0.1) is 13.2 Å². The summed E-state index contributed by atoms with van der Waals surface area (Å²) in [6, 6.07) is 11.5. The number of alkyl halides is 3. The van der Waals surface area contributed by atoms with E-state index in [1.54, 1.807) is 12.1 Å². The molecule has 1 amide bonds. The van der Waals surface area contributed by atoms with Gasteiger partial charge in [0.05, 0.1) is 11.3 Å². The molecular formula is C14H11F3N2O2. The van der Waals surface area contributed by atoms with Crippen LogP contribution in [0.5, 0.6) is 5.75 Å². The second-order valence-corrected chi connectivity index (χ2v) is 4.09. The van der Waals surface area contributed by atoms with E-state index >= 15 is 0 Å². The lowest BCUT2D eigenvalue weighted by Crippen LogP contribution is -2.20. The molecule has 4 nitrogen and oxygen atoms in total. The first-order chi connectivity index (χ1) is 9.87. The van der Waals surface area contributed by atoms with Crippen LogP contribution in [0.1, 0.15) is 10.4 Å². The second kappa shape index (κ2) is 5.74. The molecule has 0 aliphatic carbocycles. The minimum absolute atomic E-state index is 0.0944. The quantitative estimate of drug-likeness (QED) is 0.853. The van der Waals surface area contributed by atoms with Gasteiger partial charge in [-0.3, -0.25) is 4.79 Å². The number of amides is 1. The molecule has 0 aliphatic heterocycles. The Morgan fingerprint density at radius 3 is 2.33 bits per heavy atom. The smallest absolute Gasteiger partial charge is 0.404 e. The fourth-order valence-corrected chi connectivity index (χ4v) is 1.68. The third-order valence-electron chi connectivity index (χ3n) is 2.57. The van der Waals surface area contributed by atoms with Gasteiger partial charge >= 0.3 is 6.36 Å². The molecule has 2 rings (SSSR count). The van der Waals surface area contributed by atoms with Crippen LogP contribution in [0.15, 0.2) is 48.5 Å². The second-order valence-electron chi connectivity index (χ2n) is 4.09. The average molecular weight is 296 g/mol. The topological polar surface area (TPSA) is 64.4 Å². The Bertz CT molecular complexity index is 657. The molecule has 0 atom stereocenters. The minimum atomic E-state index is -4.84. The molecule has 0 aromatic heterocycles. The van der Waals surface area contributed by atoms with E-state index in [-0.39, 0.29) is 16.9 Å². The van der Waals surface area contributed by atoms with Crippen LogP contribution in [0.3, 0.4) is 0 Å². The van der Waals surface area contributed by atoms with E-state index in [0.29, 0.717) is 0 Å². The summed E-state index contributed by atoms with van der Waals surface area (Å²) < 4.78 is 40.7. The molecule has 0 radical (unpaired) electrons. The molecule has 110 valence electrons. The Kier molecular flexibility index (Phi) is 4.02. The van der Waals surface area contributed by atoms with E-state index in [2.05, 4.69) is 10.1 Å². The zero-order chi connectivity index (χ0) is 15.5. The highest BCUT2D eigenvalue weighted by Crippen LogP contribution is 2.30. The molecule has 0 saturated carbocycles. The van der Waals surface area contributed by atoms with Gasteiger partial charge in [0.25, 0.3) is 5.91 Å². The van der Waals surface area contributed by atoms with Crippen molar-refractivity contribution in [3.63, 3.8) is 0 Å². The predicted octanol–water partition coefficient (Wildman–Crippen LogP) is 3.42. The van der Waals surface area contributed by atoms with E-state index in [9.17, 15) is 18.0 Å². The van der Waals surface area contributed by atoms with Crippen LogP contribution < -0.4 is 15.8 Å². The zero-order valence-electron chi connectivity index (χ0n) is 10.6. The maximum atomic E-state index is 12.3. The largest absolute Gasteiger partial charge is 0.573 e. The first-order valence-corrected chi connectivity index (χ1v) is 5.87. The van der Waals surface area contributed by atoms with Crippen molar-refractivity contribution < 1.29 is 22.7 Å². The number of rotatable bonds is 3. The Morgan fingerprint density at radius 1 is 1.05 bits per heavy atom. The van der Waals surface area contributed by atoms with Gasteiger partial charge in [0, 0.05) is 5.69 Å². The Hall–Kier alpha value is -2.70. The molecule has 3 N–H and O–H groups in total. The van der Waals surface area contributed by atoms with Crippen molar-refractivity contribution in [2.75, 3.05) is 11.1 Å². The molecule has 0 bridgehead atoms. The lowest BCUT2D eigenvalue weighted by molar-refractivity contribution is -0.274. The summed E-state index contributed by atoms with van der Waals surface area (Å²) in [7, 11) is 0. The van der Waals surface area contributed by atoms with Crippen molar-refractivity contribution in [2.24, 2.45) is 0 Å². The number of carbonyl (C=O) groups excluding carboxylic acids is 1. The number of anilines is 2. The molecule has 2 aromatic rings. The summed E-state index contributed by atoms with van der Waals surface area (Å²) in [6.45, 7) is 0. The van der Waals surface area contributed by atoms with Crippen LogP contribution in [0, 0.1) is 0 Å². The SMILES string of the molecule is Nc1ccccc1C(=O)Nc1ccccc1OC(F)(F)F. The highest BCUT2D eigenvalue weighted by atomic mass is 19.4. The van der Waals surface area contributed by atoms with E-state index < -0.39 is 18.0 Å². The van der Waals surface area contributed by atoms with Crippen LogP contribution >= 0.6 is 0 Å². The van der Waals surface area contributed by atoms with Crippen LogP contribution in [-0.4, -0.2) is 12.3 Å². The van der Waals surface area contributed by atoms with Crippen molar-refractivity contribution in [1.29, 1.82) is 0 Å². The molecule has 0 fully saturated rings. The van der Waals surface area contributed by atoms with Gasteiger partial charge in [-0.25, -0.2) is 0 Å². The van der Waals surface area contributed by atoms with Crippen LogP contribution in [0.4, 0.5) is 24.5 Å². The van der Waals surface area contributed by atoms with Gasteiger partial charge in [0.1, 0.15) is 0 Å². The van der Waals surface area contributed by atoms with E-state index in [1.807, 2.05) is 0 Å². The first-order valence-electron chi connectivity index (χ1n) is 5.87. The number of hydrogen-bond acceptors (Lipinski definition) is 3. The number of halogens is 3. The van der Waals surface area contributed by atoms with Gasteiger partial charge in [-0.05, 0) is 24.3 Å². The fourth-order valence-electron chi connectivity index (χ4n) is 1.68. The fraction of sp³-hybridized carbons (Fsp3) is 0.0714. The molecule has 0 saturated heterocycles. The highest BCUT2D eigenvalue weighted by Gasteiger charge is 2.32. The monoisotopic (exact) mass is 296 g/mol. The standard InChI is InChI=1S/C14H11F3N2O2/c15-14(16,17)21-12-8-4-3-7-11(12)19-13(20)9-5-1-2-6-10(9)18/h1-8H,18H2,(H,19,20). The molecular weight excluding hydrogens is 285 g/mol. The minimum Gasteiger partial charge on any atom is -0.404 e. The third-order valence-corrected chi connectivity index (χ3v) is 2.57. The number of carbonyl (C=O) groups is 1. The van der Waals surface area contributed by atoms with E-state index in [0.717, 1.165) is 6.07 Å². The van der Waals surface area contributed by atoms with Crippen molar-refractivity contribution in [1.82, 2.24) is 0 Å². The molecule has 2 aromatic carbocycles. The number of nitrogen functional groups attached to an aromatic ring is 1. The average Bonchev–Trinajstić information content (AvgIpc) is 2.40. The Labute approximate surface area is 118 Å². The summed E-state index contributed by atoms with van der Waals surface area (Å²) in [6.07, 6.45) is -4.84. The van der Waals surface area contributed by atoms with Gasteiger partial charge in [-0.2, -0.15) is 0 Å². The molecule has 0 heterocycles. The highest BCUT2D eigenvalue weighted by molar-refractivity contribution is 6.08. The number of nitrogens with two attached hydrogens (primary N) is 1. The number of benzene rings is 2. The number of ether oxygens (including phenoxy) is 1. The van der Waals surface area contributed by atoms with E-state index in [1.165, 1.54) is 30.3 Å². The first kappa shape index (κ1) is 14.7. The number of para-hydroxylation sites is 3. The lowest BCUT2D eigenvalue weighted by Gasteiger charge is -2.14. The summed E-state index contributed by atoms with van der Waals surface area (Å²) in [5.74, 6) is -1.11. The molecule has 0 spiro atoms. The lowest BCUT2D eigenvalue weighted by atomic mass is 10.1. The Balaban J connectivity index is 2.24. The van der Waals surface area contributed by atoms with Gasteiger partial charge in [-0.1, -0.05) is 24.3 Å². The maximum Gasteiger partial charge on any atom is 0.573 e. The number of hydrogen-bond donors (Lipinski definition) is 2. The summed E-state index contributed by atoms with van der Waals surface area (Å²) in [5.41, 5.74) is 5.94. The molecule has 21 heavy (non-hydrogen) atoms. The summed E-state index contributed by atoms with van der Waals surface area (Å²) >= 11 is 0. The van der Waals surface area contributed by atoms with Crippen molar-refractivity contribution >= 4 is 17.3 Å². The molecule has 0 aliphatic rings. The van der Waals surface area contributed by atoms with Crippen molar-refractivity contribution in [3.8, 4) is 5.75 Å². The summed E-state index contributed by atoms with van der Waals surface area (Å²) in [5, 5.41) is 2.35. The van der Waals surface area contributed by atoms with Crippen LogP contribution in [0.25, 0.3) is 0 Å². The van der Waals surface area contributed by atoms with Gasteiger partial charge < -0.3 is 15.8 Å². The van der Waals surface area contributed by atoms with Gasteiger partial charge in [0.15, 0.2) is 5.75 Å². The summed E-state index contributed by atoms with van der Waals surface area (Å²) in [4.78, 5) is 12.0. The van der Waals surface area contributed by atoms with Gasteiger partial charge in [0.2, 0.25) is 0 Å². The predicted molar refractivity (Wildman–Crippen MR) is 71.9 cm³/mol. The van der Waals surface area contributed by atoms with Crippen LogP contribution in [-0.2, 0) is 0 Å². The normalized spacial score (nSPS) is 11.0. The Morgan fingerprint density at radius 2 is 1.67 bits per heavy atom. The maximum absolute atomic E-state index is 12.3.